The predicted octanol–water partition coefficient (Wildman–Crippen LogP) is 2.87. The number of hydrogen-bond donors (Lipinski definition) is 2. The lowest BCUT2D eigenvalue weighted by atomic mass is 10.2. The van der Waals surface area contributed by atoms with Crippen molar-refractivity contribution in [2.75, 3.05) is 25.1 Å². The van der Waals surface area contributed by atoms with Gasteiger partial charge < -0.3 is 24.8 Å². The molecule has 0 unspecified atom stereocenters. The van der Waals surface area contributed by atoms with Crippen molar-refractivity contribution in [2.24, 2.45) is 0 Å². The summed E-state index contributed by atoms with van der Waals surface area (Å²) in [5, 5.41) is 12.4. The van der Waals surface area contributed by atoms with E-state index >= 15 is 0 Å². The number of carbonyl (C=O) groups is 1. The fourth-order valence-electron chi connectivity index (χ4n) is 2.64. The van der Waals surface area contributed by atoms with Crippen LogP contribution >= 0.6 is 0 Å². The molecule has 0 saturated carbocycles. The number of aliphatic hydroxyl groups is 1. The third-order valence-electron chi connectivity index (χ3n) is 3.89. The van der Waals surface area contributed by atoms with Gasteiger partial charge in [-0.15, -0.1) is 0 Å². The number of rotatable bonds is 7. The van der Waals surface area contributed by atoms with E-state index in [4.69, 9.17) is 9.47 Å². The van der Waals surface area contributed by atoms with Gasteiger partial charge in [0.15, 0.2) is 0 Å². The first-order valence-corrected chi connectivity index (χ1v) is 8.56. The number of carbonyl (C=O) groups excluding carboxylic acids is 1. The molecule has 1 aromatic rings. The maximum atomic E-state index is 12.4. The van der Waals surface area contributed by atoms with Crippen LogP contribution in [0.4, 0.5) is 10.5 Å². The number of hydrogen-bond acceptors (Lipinski definition) is 4. The number of benzene rings is 1. The molecule has 1 fully saturated rings. The zero-order valence-electron chi connectivity index (χ0n) is 14.7. The zero-order valence-corrected chi connectivity index (χ0v) is 14.7. The second-order valence-corrected chi connectivity index (χ2v) is 6.50. The third kappa shape index (κ3) is 5.69. The number of ether oxygens (including phenoxy) is 2. The quantitative estimate of drug-likeness (QED) is 0.803. The number of urea groups is 1. The topological polar surface area (TPSA) is 71.0 Å². The Balaban J connectivity index is 1.93. The summed E-state index contributed by atoms with van der Waals surface area (Å²) in [7, 11) is 0. The van der Waals surface area contributed by atoms with Crippen LogP contribution in [0.25, 0.3) is 0 Å². The molecule has 1 heterocycles. The highest BCUT2D eigenvalue weighted by Crippen LogP contribution is 2.20. The van der Waals surface area contributed by atoms with Crippen molar-refractivity contribution >= 4 is 11.7 Å². The number of nitrogens with one attached hydrogen (secondary N) is 1. The number of aliphatic hydroxyl groups excluding tert-OH is 1. The van der Waals surface area contributed by atoms with Crippen LogP contribution in [0.3, 0.4) is 0 Å². The minimum absolute atomic E-state index is 0.00134. The molecule has 2 amide bonds. The Morgan fingerprint density at radius 3 is 2.88 bits per heavy atom. The number of anilines is 1. The van der Waals surface area contributed by atoms with Crippen molar-refractivity contribution in [3.8, 4) is 5.75 Å². The van der Waals surface area contributed by atoms with E-state index in [1.165, 1.54) is 0 Å². The van der Waals surface area contributed by atoms with E-state index in [-0.39, 0.29) is 18.2 Å². The fourth-order valence-corrected chi connectivity index (χ4v) is 2.64. The van der Waals surface area contributed by atoms with Gasteiger partial charge in [0.1, 0.15) is 12.4 Å². The maximum absolute atomic E-state index is 12.4. The molecule has 1 aliphatic heterocycles. The molecule has 2 N–H and O–H groups in total. The highest BCUT2D eigenvalue weighted by atomic mass is 16.5. The van der Waals surface area contributed by atoms with Crippen LogP contribution in [0, 0.1) is 0 Å². The van der Waals surface area contributed by atoms with Gasteiger partial charge >= 0.3 is 6.03 Å². The molecule has 1 saturated heterocycles. The molecule has 0 radical (unpaired) electrons. The van der Waals surface area contributed by atoms with Crippen LogP contribution in [0.15, 0.2) is 24.3 Å². The molecule has 0 aromatic heterocycles. The van der Waals surface area contributed by atoms with Crippen LogP contribution in [-0.4, -0.2) is 54.0 Å². The van der Waals surface area contributed by atoms with Gasteiger partial charge in [0.2, 0.25) is 0 Å². The van der Waals surface area contributed by atoms with Gasteiger partial charge in [0, 0.05) is 30.9 Å². The Morgan fingerprint density at radius 1 is 1.46 bits per heavy atom. The molecular weight excluding hydrogens is 308 g/mol. The van der Waals surface area contributed by atoms with Crippen molar-refractivity contribution < 1.29 is 19.4 Å². The lowest BCUT2D eigenvalue weighted by molar-refractivity contribution is 0.0680. The largest absolute Gasteiger partial charge is 0.491 e. The van der Waals surface area contributed by atoms with E-state index in [9.17, 15) is 9.90 Å². The molecule has 1 aromatic carbocycles. The van der Waals surface area contributed by atoms with Gasteiger partial charge in [-0.25, -0.2) is 4.79 Å². The van der Waals surface area contributed by atoms with Gasteiger partial charge in [-0.05, 0) is 45.7 Å². The lowest BCUT2D eigenvalue weighted by Gasteiger charge is -2.28. The first-order chi connectivity index (χ1) is 11.5. The van der Waals surface area contributed by atoms with E-state index in [2.05, 4.69) is 5.32 Å². The Labute approximate surface area is 143 Å². The summed E-state index contributed by atoms with van der Waals surface area (Å²) in [5.74, 6) is 0.704. The van der Waals surface area contributed by atoms with Gasteiger partial charge in [-0.1, -0.05) is 6.07 Å². The minimum Gasteiger partial charge on any atom is -0.491 e. The molecule has 2 rings (SSSR count). The maximum Gasteiger partial charge on any atom is 0.322 e. The molecule has 0 bridgehead atoms. The van der Waals surface area contributed by atoms with Gasteiger partial charge in [0.25, 0.3) is 0 Å². The predicted molar refractivity (Wildman–Crippen MR) is 93.5 cm³/mol. The van der Waals surface area contributed by atoms with Crippen LogP contribution in [0.1, 0.15) is 33.6 Å². The molecule has 0 aliphatic carbocycles. The van der Waals surface area contributed by atoms with Crippen molar-refractivity contribution in [2.45, 2.75) is 51.9 Å². The SMILES string of the molecule is CC(C)N(C[C@@H](C)O)C(=O)Nc1cccc(OC[C@@H]2CCCO2)c1. The van der Waals surface area contributed by atoms with Crippen molar-refractivity contribution in [3.63, 3.8) is 0 Å². The van der Waals surface area contributed by atoms with E-state index < -0.39 is 6.10 Å². The zero-order chi connectivity index (χ0) is 17.5. The van der Waals surface area contributed by atoms with Crippen LogP contribution in [0.2, 0.25) is 0 Å². The summed E-state index contributed by atoms with van der Waals surface area (Å²) in [6.45, 7) is 7.13. The first kappa shape index (κ1) is 18.5. The molecule has 2 atom stereocenters. The first-order valence-electron chi connectivity index (χ1n) is 8.56. The summed E-state index contributed by atoms with van der Waals surface area (Å²) in [6, 6.07) is 7.08. The summed E-state index contributed by atoms with van der Waals surface area (Å²) < 4.78 is 11.3. The van der Waals surface area contributed by atoms with Gasteiger partial charge in [-0.3, -0.25) is 0 Å². The molecule has 6 heteroatoms. The smallest absolute Gasteiger partial charge is 0.322 e. The van der Waals surface area contributed by atoms with E-state index in [1.807, 2.05) is 32.0 Å². The second kappa shape index (κ2) is 8.89. The van der Waals surface area contributed by atoms with Crippen LogP contribution in [-0.2, 0) is 4.74 Å². The van der Waals surface area contributed by atoms with E-state index in [0.717, 1.165) is 19.4 Å². The number of nitrogens with zero attached hydrogens (tertiary/aromatic N) is 1. The monoisotopic (exact) mass is 336 g/mol. The Bertz CT molecular complexity index is 528. The second-order valence-electron chi connectivity index (χ2n) is 6.50. The molecule has 24 heavy (non-hydrogen) atoms. The van der Waals surface area contributed by atoms with Crippen LogP contribution in [0.5, 0.6) is 5.75 Å². The van der Waals surface area contributed by atoms with Gasteiger partial charge in [0.05, 0.1) is 12.2 Å². The van der Waals surface area contributed by atoms with Crippen molar-refractivity contribution in [1.82, 2.24) is 4.90 Å². The average Bonchev–Trinajstić information content (AvgIpc) is 3.04. The highest BCUT2D eigenvalue weighted by molar-refractivity contribution is 5.89. The molecule has 0 spiro atoms. The summed E-state index contributed by atoms with van der Waals surface area (Å²) in [6.07, 6.45) is 1.70. The Hall–Kier alpha value is -1.79. The standard InChI is InChI=1S/C18H28N2O4/c1-13(2)20(11-14(3)21)18(22)19-15-6-4-7-16(10-15)24-12-17-8-5-9-23-17/h4,6-7,10,13-14,17,21H,5,8-9,11-12H2,1-3H3,(H,19,22)/t14-,17+/m1/s1. The summed E-state index contributed by atoms with van der Waals surface area (Å²) in [5.41, 5.74) is 0.668. The molecule has 1 aliphatic rings. The molecule has 6 nitrogen and oxygen atoms in total. The Kier molecular flexibility index (Phi) is 6.87. The summed E-state index contributed by atoms with van der Waals surface area (Å²) in [4.78, 5) is 14.0. The Morgan fingerprint density at radius 2 is 2.25 bits per heavy atom. The lowest BCUT2D eigenvalue weighted by Crippen LogP contribution is -2.43. The fraction of sp³-hybridized carbons (Fsp3) is 0.611. The highest BCUT2D eigenvalue weighted by Gasteiger charge is 2.19. The van der Waals surface area contributed by atoms with E-state index in [0.29, 0.717) is 24.6 Å². The molecular formula is C18H28N2O4. The number of amides is 2. The summed E-state index contributed by atoms with van der Waals surface area (Å²) >= 11 is 0. The van der Waals surface area contributed by atoms with Crippen molar-refractivity contribution in [3.05, 3.63) is 24.3 Å². The third-order valence-corrected chi connectivity index (χ3v) is 3.89. The van der Waals surface area contributed by atoms with E-state index in [1.54, 1.807) is 17.9 Å². The van der Waals surface area contributed by atoms with Crippen LogP contribution < -0.4 is 10.1 Å². The minimum atomic E-state index is -0.570. The normalized spacial score (nSPS) is 18.5. The molecule has 134 valence electrons. The average molecular weight is 336 g/mol. The van der Waals surface area contributed by atoms with Gasteiger partial charge in [-0.2, -0.15) is 0 Å². The van der Waals surface area contributed by atoms with Crippen molar-refractivity contribution in [1.29, 1.82) is 0 Å².